The van der Waals surface area contributed by atoms with Crippen LogP contribution in [-0.2, 0) is 0 Å². The third-order valence-corrected chi connectivity index (χ3v) is 13.0. The van der Waals surface area contributed by atoms with E-state index in [1.54, 1.807) is 18.2 Å². The fourth-order valence-corrected chi connectivity index (χ4v) is 9.58. The summed E-state index contributed by atoms with van der Waals surface area (Å²) in [6.45, 7) is 0. The first-order chi connectivity index (χ1) is 33.9. The monoisotopic (exact) mass is 927 g/mol. The molecule has 69 heavy (non-hydrogen) atoms. The summed E-state index contributed by atoms with van der Waals surface area (Å²) in [6, 6.07) is 88.3. The van der Waals surface area contributed by atoms with Crippen molar-refractivity contribution in [1.82, 2.24) is 0 Å². The summed E-state index contributed by atoms with van der Waals surface area (Å²) in [4.78, 5) is 10.3. The van der Waals surface area contributed by atoms with Crippen molar-refractivity contribution in [2.24, 2.45) is 0 Å². The van der Waals surface area contributed by atoms with Crippen molar-refractivity contribution in [2.75, 3.05) is 0 Å². The second-order valence-electron chi connectivity index (χ2n) is 16.7. The van der Waals surface area contributed by atoms with E-state index in [0.29, 0.717) is 5.39 Å². The molecular weight excluding hydrogens is 886 g/mol. The number of benzene rings is 14. The van der Waals surface area contributed by atoms with E-state index >= 15 is 0 Å². The smallest absolute Gasteiger partial charge is 0.258 e. The van der Waals surface area contributed by atoms with E-state index in [1.807, 2.05) is 78.9 Å². The van der Waals surface area contributed by atoms with E-state index in [4.69, 9.17) is 23.2 Å². The van der Waals surface area contributed by atoms with Crippen molar-refractivity contribution in [3.05, 3.63) is 281 Å². The molecule has 0 heterocycles. The Morgan fingerprint density at radius 1 is 0.275 bits per heavy atom. The molecule has 0 aromatic heterocycles. The minimum atomic E-state index is -0.359. The number of non-ortho nitro benzene ring substituents is 1. The molecule has 3 nitrogen and oxygen atoms in total. The zero-order valence-corrected chi connectivity index (χ0v) is 38.9. The topological polar surface area (TPSA) is 43.1 Å². The average molecular weight is 929 g/mol. The van der Waals surface area contributed by atoms with Crippen LogP contribution in [0.5, 0.6) is 0 Å². The molecular formula is C64H43Cl2NO2. The number of rotatable bonds is 1. The molecule has 0 bridgehead atoms. The molecule has 0 saturated heterocycles. The third kappa shape index (κ3) is 9.61. The highest BCUT2D eigenvalue weighted by Crippen LogP contribution is 2.35. The van der Waals surface area contributed by atoms with Crippen molar-refractivity contribution in [2.45, 2.75) is 0 Å². The van der Waals surface area contributed by atoms with Crippen molar-refractivity contribution >= 4 is 126 Å². The molecule has 0 spiro atoms. The first-order valence-electron chi connectivity index (χ1n) is 22.7. The Kier molecular flexibility index (Phi) is 13.1. The van der Waals surface area contributed by atoms with Gasteiger partial charge in [0.05, 0.1) is 10.3 Å². The van der Waals surface area contributed by atoms with Gasteiger partial charge in [0, 0.05) is 21.5 Å². The van der Waals surface area contributed by atoms with Crippen LogP contribution >= 0.6 is 23.2 Å². The molecule has 0 saturated carbocycles. The Balaban J connectivity index is 0.000000102. The number of halogens is 2. The fraction of sp³-hybridized carbons (Fsp3) is 0. The molecule has 0 atom stereocenters. The van der Waals surface area contributed by atoms with Gasteiger partial charge >= 0.3 is 0 Å². The molecule has 0 aliphatic carbocycles. The predicted octanol–water partition coefficient (Wildman–Crippen LogP) is 19.5. The highest BCUT2D eigenvalue weighted by molar-refractivity contribution is 6.35. The molecule has 330 valence electrons. The van der Waals surface area contributed by atoms with Crippen LogP contribution in [-0.4, -0.2) is 4.92 Å². The lowest BCUT2D eigenvalue weighted by Gasteiger charge is -2.09. The minimum Gasteiger partial charge on any atom is -0.258 e. The molecule has 0 unspecified atom stereocenters. The van der Waals surface area contributed by atoms with Gasteiger partial charge in [-0.25, -0.2) is 0 Å². The Hall–Kier alpha value is -8.34. The molecule has 0 aliphatic heterocycles. The van der Waals surface area contributed by atoms with Crippen molar-refractivity contribution in [1.29, 1.82) is 0 Å². The average Bonchev–Trinajstić information content (AvgIpc) is 3.41. The SMILES string of the molecule is Clc1ccc2ccccc2c1.Clc1cccc2ccccc12.O=[N+]([O-])c1cccc2ccccc12.c1cc2ccc3cccc4ccc(c1)c2c34.c1ccc2c(c1)ccc1c3ccccc3ccc21. The lowest BCUT2D eigenvalue weighted by Crippen LogP contribution is -1.88. The Labute approximate surface area is 409 Å². The second-order valence-corrected chi connectivity index (χ2v) is 17.5. The van der Waals surface area contributed by atoms with Crippen LogP contribution < -0.4 is 0 Å². The Bertz CT molecular complexity index is 3890. The van der Waals surface area contributed by atoms with Gasteiger partial charge in [-0.1, -0.05) is 254 Å². The van der Waals surface area contributed by atoms with Gasteiger partial charge in [0.2, 0.25) is 0 Å². The quantitative estimate of drug-likeness (QED) is 0.0935. The Morgan fingerprint density at radius 2 is 0.609 bits per heavy atom. The predicted molar refractivity (Wildman–Crippen MR) is 298 cm³/mol. The number of nitro groups is 1. The summed E-state index contributed by atoms with van der Waals surface area (Å²) in [6.07, 6.45) is 0. The van der Waals surface area contributed by atoms with Crippen LogP contribution in [0.3, 0.4) is 0 Å². The summed E-state index contributed by atoms with van der Waals surface area (Å²) in [5.41, 5.74) is 0.165. The summed E-state index contributed by atoms with van der Waals surface area (Å²) in [5, 5.41) is 34.7. The van der Waals surface area contributed by atoms with E-state index in [9.17, 15) is 10.1 Å². The third-order valence-electron chi connectivity index (χ3n) is 12.5. The Morgan fingerprint density at radius 3 is 1.10 bits per heavy atom. The largest absolute Gasteiger partial charge is 0.277 e. The molecule has 14 aromatic rings. The highest BCUT2D eigenvalue weighted by Gasteiger charge is 2.10. The maximum atomic E-state index is 10.6. The van der Waals surface area contributed by atoms with Crippen LogP contribution in [0.2, 0.25) is 10.0 Å². The lowest BCUT2D eigenvalue weighted by molar-refractivity contribution is -0.383. The summed E-state index contributed by atoms with van der Waals surface area (Å²) in [5.74, 6) is 0. The van der Waals surface area contributed by atoms with E-state index in [2.05, 4.69) is 158 Å². The molecule has 5 heteroatoms. The van der Waals surface area contributed by atoms with E-state index in [0.717, 1.165) is 20.8 Å². The zero-order chi connectivity index (χ0) is 47.1. The van der Waals surface area contributed by atoms with Crippen molar-refractivity contribution in [3.63, 3.8) is 0 Å². The molecule has 0 aliphatic rings. The van der Waals surface area contributed by atoms with Gasteiger partial charge in [0.15, 0.2) is 0 Å². The number of nitrogens with zero attached hydrogens (tertiary/aromatic N) is 1. The van der Waals surface area contributed by atoms with Gasteiger partial charge in [-0.3, -0.25) is 10.1 Å². The molecule has 0 radical (unpaired) electrons. The van der Waals surface area contributed by atoms with Crippen LogP contribution in [0, 0.1) is 10.1 Å². The normalized spacial score (nSPS) is 10.9. The van der Waals surface area contributed by atoms with Gasteiger partial charge < -0.3 is 0 Å². The first-order valence-corrected chi connectivity index (χ1v) is 23.5. The van der Waals surface area contributed by atoms with Gasteiger partial charge in [0.1, 0.15) is 0 Å². The molecule has 0 fully saturated rings. The van der Waals surface area contributed by atoms with Crippen LogP contribution in [0.25, 0.3) is 97.0 Å². The molecule has 14 aromatic carbocycles. The van der Waals surface area contributed by atoms with Gasteiger partial charge in [-0.05, 0) is 110 Å². The van der Waals surface area contributed by atoms with E-state index in [1.165, 1.54) is 86.9 Å². The summed E-state index contributed by atoms with van der Waals surface area (Å²) < 4.78 is 0. The van der Waals surface area contributed by atoms with E-state index in [-0.39, 0.29) is 10.6 Å². The number of hydrogen-bond acceptors (Lipinski definition) is 2. The van der Waals surface area contributed by atoms with Crippen LogP contribution in [0.4, 0.5) is 5.69 Å². The van der Waals surface area contributed by atoms with Crippen molar-refractivity contribution in [3.8, 4) is 0 Å². The standard InChI is InChI=1S/C18H12.C16H10.2C10H7Cl.C10H7NO2/c1-3-7-15-13(5-1)9-11-18-16-8-4-2-6-14(16)10-12-17(15)18;1-3-11-7-9-13-5-2-6-14-10-8-12(4-1)15(11)16(13)14;11-10-7-3-5-8-4-1-2-6-9(8)10;11-10-6-5-8-3-1-2-4-9(8)7-10;12-11(13)10-7-3-5-8-4-1-2-6-9(8)10/h1-12H;1-10H;2*1-7H;1-7H. The highest BCUT2D eigenvalue weighted by atomic mass is 35.5. The maximum absolute atomic E-state index is 10.6. The van der Waals surface area contributed by atoms with Gasteiger partial charge in [-0.2, -0.15) is 0 Å². The molecule has 14 rings (SSSR count). The number of fused-ring (bicyclic) bond motifs is 8. The second kappa shape index (κ2) is 20.3. The maximum Gasteiger partial charge on any atom is 0.277 e. The molecule has 0 N–H and O–H groups in total. The van der Waals surface area contributed by atoms with Gasteiger partial charge in [-0.15, -0.1) is 0 Å². The fourth-order valence-electron chi connectivity index (χ4n) is 9.15. The zero-order valence-electron chi connectivity index (χ0n) is 37.3. The number of nitro benzene ring substituents is 1. The van der Waals surface area contributed by atoms with Crippen LogP contribution in [0.1, 0.15) is 0 Å². The lowest BCUT2D eigenvalue weighted by atomic mass is 9.95. The molecule has 0 amide bonds. The van der Waals surface area contributed by atoms with Crippen LogP contribution in [0.15, 0.2) is 261 Å². The first kappa shape index (κ1) is 44.5. The number of hydrogen-bond donors (Lipinski definition) is 0. The summed E-state index contributed by atoms with van der Waals surface area (Å²) >= 11 is 11.8. The minimum absolute atomic E-state index is 0.165. The van der Waals surface area contributed by atoms with Crippen molar-refractivity contribution < 1.29 is 4.92 Å². The summed E-state index contributed by atoms with van der Waals surface area (Å²) in [7, 11) is 0. The van der Waals surface area contributed by atoms with E-state index < -0.39 is 0 Å². The van der Waals surface area contributed by atoms with Gasteiger partial charge in [0.25, 0.3) is 5.69 Å².